The molecule has 2 N–H and O–H groups in total. The van der Waals surface area contributed by atoms with E-state index in [1.807, 2.05) is 4.90 Å². The van der Waals surface area contributed by atoms with E-state index in [-0.39, 0.29) is 18.8 Å². The average molecular weight is 337 g/mol. The van der Waals surface area contributed by atoms with Gasteiger partial charge >= 0.3 is 0 Å². The number of fused-ring (bicyclic) bond motifs is 1. The van der Waals surface area contributed by atoms with Crippen molar-refractivity contribution >= 4 is 32.4 Å². The number of hydrogen-bond acceptors (Lipinski definition) is 6. The Morgan fingerprint density at radius 2 is 1.83 bits per heavy atom. The molecule has 23 heavy (non-hydrogen) atoms. The van der Waals surface area contributed by atoms with Crippen molar-refractivity contribution in [2.75, 3.05) is 31.1 Å². The fraction of sp³-hybridized carbons (Fsp3) is 0.308. The van der Waals surface area contributed by atoms with Gasteiger partial charge < -0.3 is 4.90 Å². The van der Waals surface area contributed by atoms with Crippen LogP contribution >= 0.6 is 0 Å². The second-order valence-electron chi connectivity index (χ2n) is 5.21. The molecular weight excluding hydrogens is 322 g/mol. The summed E-state index contributed by atoms with van der Waals surface area (Å²) in [5, 5.41) is 17.4. The highest BCUT2D eigenvalue weighted by atomic mass is 32.2. The summed E-state index contributed by atoms with van der Waals surface area (Å²) in [7, 11) is -3.68. The fourth-order valence-corrected chi connectivity index (χ4v) is 3.45. The highest BCUT2D eigenvalue weighted by molar-refractivity contribution is 7.86. The Hall–Kier alpha value is -2.30. The molecule has 0 radical (unpaired) electrons. The van der Waals surface area contributed by atoms with Crippen molar-refractivity contribution in [3.63, 3.8) is 0 Å². The zero-order valence-corrected chi connectivity index (χ0v) is 12.9. The van der Waals surface area contributed by atoms with Crippen LogP contribution in [0.3, 0.4) is 0 Å². The van der Waals surface area contributed by atoms with Crippen molar-refractivity contribution in [1.82, 2.24) is 9.29 Å². The quantitative estimate of drug-likeness (QED) is 0.641. The molecule has 0 bridgehead atoms. The molecule has 1 aliphatic heterocycles. The average Bonchev–Trinajstić information content (AvgIpc) is 2.53. The molecule has 3 rings (SSSR count). The number of piperazine rings is 1. The number of nitrogens with zero attached hydrogens (tertiary/aromatic N) is 4. The summed E-state index contributed by atoms with van der Waals surface area (Å²) >= 11 is 0. The lowest BCUT2D eigenvalue weighted by Gasteiger charge is -2.35. The van der Waals surface area contributed by atoms with Gasteiger partial charge in [0, 0.05) is 55.7 Å². The maximum absolute atomic E-state index is 11.4. The molecule has 0 unspecified atom stereocenters. The molecule has 10 heteroatoms. The summed E-state index contributed by atoms with van der Waals surface area (Å²) in [6.45, 7) is 1.49. The topological polar surface area (TPSA) is 123 Å². The summed E-state index contributed by atoms with van der Waals surface area (Å²) in [4.78, 5) is 16.6. The minimum atomic E-state index is -3.68. The van der Waals surface area contributed by atoms with Crippen LogP contribution in [-0.4, -0.2) is 48.8 Å². The van der Waals surface area contributed by atoms with Gasteiger partial charge in [0.2, 0.25) is 0 Å². The first kappa shape index (κ1) is 15.6. The van der Waals surface area contributed by atoms with Crippen molar-refractivity contribution in [2.45, 2.75) is 0 Å². The molecular formula is C13H15N5O4S. The number of nitro groups is 1. The first-order valence-corrected chi connectivity index (χ1v) is 8.42. The van der Waals surface area contributed by atoms with E-state index in [0.717, 1.165) is 11.1 Å². The van der Waals surface area contributed by atoms with Gasteiger partial charge in [-0.05, 0) is 12.1 Å². The molecule has 2 aromatic rings. The Bertz CT molecular complexity index is 862. The molecule has 9 nitrogen and oxygen atoms in total. The largest absolute Gasteiger partial charge is 0.368 e. The highest BCUT2D eigenvalue weighted by Crippen LogP contribution is 2.33. The monoisotopic (exact) mass is 337 g/mol. The van der Waals surface area contributed by atoms with Crippen LogP contribution in [-0.2, 0) is 10.2 Å². The lowest BCUT2D eigenvalue weighted by molar-refractivity contribution is -0.383. The van der Waals surface area contributed by atoms with E-state index in [1.165, 1.54) is 16.6 Å². The van der Waals surface area contributed by atoms with Crippen LogP contribution in [0, 0.1) is 10.1 Å². The molecule has 1 aromatic carbocycles. The van der Waals surface area contributed by atoms with Gasteiger partial charge in [0.1, 0.15) is 0 Å². The molecule has 1 fully saturated rings. The van der Waals surface area contributed by atoms with Crippen LogP contribution in [0.25, 0.3) is 10.8 Å². The number of rotatable bonds is 3. The molecule has 0 aliphatic carbocycles. The molecule has 0 amide bonds. The van der Waals surface area contributed by atoms with Crippen LogP contribution in [0.2, 0.25) is 0 Å². The number of pyridine rings is 1. The van der Waals surface area contributed by atoms with Crippen molar-refractivity contribution in [2.24, 2.45) is 5.14 Å². The Morgan fingerprint density at radius 3 is 2.43 bits per heavy atom. The third kappa shape index (κ3) is 2.96. The molecule has 0 spiro atoms. The van der Waals surface area contributed by atoms with Gasteiger partial charge in [-0.2, -0.15) is 12.7 Å². The summed E-state index contributed by atoms with van der Waals surface area (Å²) < 4.78 is 23.9. The third-order valence-electron chi connectivity index (χ3n) is 3.91. The van der Waals surface area contributed by atoms with Gasteiger partial charge in [0.25, 0.3) is 15.9 Å². The first-order chi connectivity index (χ1) is 10.9. The third-order valence-corrected chi connectivity index (χ3v) is 4.99. The summed E-state index contributed by atoms with van der Waals surface area (Å²) in [6.07, 6.45) is 3.05. The number of benzene rings is 1. The van der Waals surface area contributed by atoms with Gasteiger partial charge in [0.05, 0.1) is 10.3 Å². The first-order valence-electron chi connectivity index (χ1n) is 6.92. The van der Waals surface area contributed by atoms with Gasteiger partial charge in [-0.25, -0.2) is 5.14 Å². The lowest BCUT2D eigenvalue weighted by atomic mass is 10.1. The van der Waals surface area contributed by atoms with Crippen LogP contribution in [0.5, 0.6) is 0 Å². The van der Waals surface area contributed by atoms with Crippen LogP contribution in [0.4, 0.5) is 11.4 Å². The van der Waals surface area contributed by atoms with Gasteiger partial charge in [-0.3, -0.25) is 15.1 Å². The normalized spacial score (nSPS) is 16.7. The standard InChI is InChI=1S/C13H15N5O4S/c14-23(21,22)17-7-5-16(6-8-17)12-1-2-13(18(19)20)11-9-15-4-3-10(11)12/h1-4,9H,5-8H2,(H2,14,21,22). The lowest BCUT2D eigenvalue weighted by Crippen LogP contribution is -2.50. The van der Waals surface area contributed by atoms with E-state index in [1.54, 1.807) is 18.3 Å². The van der Waals surface area contributed by atoms with E-state index in [9.17, 15) is 18.5 Å². The summed E-state index contributed by atoms with van der Waals surface area (Å²) in [5.41, 5.74) is 0.821. The van der Waals surface area contributed by atoms with E-state index < -0.39 is 15.1 Å². The minimum absolute atomic E-state index is 0.0000203. The predicted octanol–water partition coefficient (Wildman–Crippen LogP) is 0.469. The number of nitrogens with two attached hydrogens (primary N) is 1. The van der Waals surface area contributed by atoms with Crippen molar-refractivity contribution in [3.8, 4) is 0 Å². The number of aromatic nitrogens is 1. The van der Waals surface area contributed by atoms with Crippen LogP contribution in [0.1, 0.15) is 0 Å². The van der Waals surface area contributed by atoms with E-state index >= 15 is 0 Å². The van der Waals surface area contributed by atoms with Crippen molar-refractivity contribution in [1.29, 1.82) is 0 Å². The van der Waals surface area contributed by atoms with E-state index in [4.69, 9.17) is 5.14 Å². The summed E-state index contributed by atoms with van der Waals surface area (Å²) in [5.74, 6) is 0. The zero-order valence-electron chi connectivity index (χ0n) is 12.1. The van der Waals surface area contributed by atoms with Crippen molar-refractivity contribution < 1.29 is 13.3 Å². The Labute approximate surface area is 132 Å². The molecule has 2 heterocycles. The Morgan fingerprint density at radius 1 is 1.13 bits per heavy atom. The van der Waals surface area contributed by atoms with Crippen molar-refractivity contribution in [3.05, 3.63) is 40.7 Å². The maximum Gasteiger partial charge on any atom is 0.278 e. The van der Waals surface area contributed by atoms with Gasteiger partial charge in [-0.15, -0.1) is 0 Å². The molecule has 1 saturated heterocycles. The Balaban J connectivity index is 1.96. The SMILES string of the molecule is NS(=O)(=O)N1CCN(c2ccc([N+](=O)[O-])c3cnccc23)CC1. The van der Waals surface area contributed by atoms with Crippen LogP contribution < -0.4 is 10.0 Å². The predicted molar refractivity (Wildman–Crippen MR) is 85.3 cm³/mol. The molecule has 1 aromatic heterocycles. The molecule has 0 saturated carbocycles. The second kappa shape index (κ2) is 5.72. The maximum atomic E-state index is 11.4. The van der Waals surface area contributed by atoms with Gasteiger partial charge in [-0.1, -0.05) is 0 Å². The Kier molecular flexibility index (Phi) is 3.88. The summed E-state index contributed by atoms with van der Waals surface area (Å²) in [6, 6.07) is 4.86. The fourth-order valence-electron chi connectivity index (χ4n) is 2.78. The molecule has 122 valence electrons. The highest BCUT2D eigenvalue weighted by Gasteiger charge is 2.25. The minimum Gasteiger partial charge on any atom is -0.368 e. The molecule has 1 aliphatic rings. The molecule has 0 atom stereocenters. The van der Waals surface area contributed by atoms with E-state index in [0.29, 0.717) is 18.5 Å². The number of anilines is 1. The smallest absolute Gasteiger partial charge is 0.278 e. The zero-order chi connectivity index (χ0) is 16.6. The number of non-ortho nitro benzene ring substituents is 1. The van der Waals surface area contributed by atoms with E-state index in [2.05, 4.69) is 4.98 Å². The number of nitro benzene ring substituents is 1. The number of hydrogen-bond donors (Lipinski definition) is 1. The van der Waals surface area contributed by atoms with Gasteiger partial charge in [0.15, 0.2) is 0 Å². The van der Waals surface area contributed by atoms with Crippen LogP contribution in [0.15, 0.2) is 30.6 Å². The second-order valence-corrected chi connectivity index (χ2v) is 6.76.